The number of aryl methyl sites for hydroxylation is 1. The maximum atomic E-state index is 13.0. The van der Waals surface area contributed by atoms with E-state index in [1.165, 1.54) is 31.4 Å². The monoisotopic (exact) mass is 386 g/mol. The van der Waals surface area contributed by atoms with Crippen LogP contribution in [0.15, 0.2) is 28.8 Å². The van der Waals surface area contributed by atoms with Gasteiger partial charge in [-0.2, -0.15) is 4.98 Å². The van der Waals surface area contributed by atoms with Crippen LogP contribution >= 0.6 is 0 Å². The minimum absolute atomic E-state index is 0.196. The number of benzene rings is 1. The number of hydrogen-bond donors (Lipinski definition) is 2. The first-order valence-corrected chi connectivity index (χ1v) is 8.49. The number of amides is 1. The fourth-order valence-electron chi connectivity index (χ4n) is 2.84. The van der Waals surface area contributed by atoms with Gasteiger partial charge in [0, 0.05) is 11.3 Å². The summed E-state index contributed by atoms with van der Waals surface area (Å²) < 4.78 is 23.0. The van der Waals surface area contributed by atoms with Gasteiger partial charge in [0.05, 0.1) is 12.7 Å². The minimum Gasteiger partial charge on any atom is -0.465 e. The third-order valence-electron chi connectivity index (χ3n) is 4.32. The normalized spacial score (nSPS) is 11.9. The van der Waals surface area contributed by atoms with Crippen LogP contribution in [0.2, 0.25) is 0 Å². The molecular formula is C19H19FN4O4. The van der Waals surface area contributed by atoms with E-state index < -0.39 is 17.9 Å². The zero-order valence-electron chi connectivity index (χ0n) is 15.8. The molecule has 2 aromatic heterocycles. The summed E-state index contributed by atoms with van der Waals surface area (Å²) in [6.07, 6.45) is 0. The molecule has 1 atom stereocenters. The number of hydrogen-bond acceptors (Lipinski definition) is 6. The summed E-state index contributed by atoms with van der Waals surface area (Å²) in [6.45, 7) is 5.04. The Morgan fingerprint density at radius 2 is 1.93 bits per heavy atom. The number of H-pyrrole nitrogens is 1. The number of aromatic amines is 1. The number of ether oxygens (including phenoxy) is 1. The summed E-state index contributed by atoms with van der Waals surface area (Å²) in [7, 11) is 1.28. The Morgan fingerprint density at radius 3 is 2.57 bits per heavy atom. The van der Waals surface area contributed by atoms with E-state index in [-0.39, 0.29) is 23.2 Å². The SMILES string of the molecule is COC(=O)c1c(C)[nH]c(C(=O)NC(C)c2nc(-c3ccc(F)cc3)no2)c1C. The number of nitrogens with one attached hydrogen (secondary N) is 2. The number of aromatic nitrogens is 3. The average Bonchev–Trinajstić information content (AvgIpc) is 3.27. The Labute approximate surface area is 160 Å². The average molecular weight is 386 g/mol. The number of esters is 1. The number of carbonyl (C=O) groups excluding carboxylic acids is 2. The van der Waals surface area contributed by atoms with Crippen molar-refractivity contribution in [2.75, 3.05) is 7.11 Å². The number of nitrogens with zero attached hydrogens (tertiary/aromatic N) is 2. The van der Waals surface area contributed by atoms with Crippen LogP contribution in [0.25, 0.3) is 11.4 Å². The van der Waals surface area contributed by atoms with Crippen LogP contribution in [0.4, 0.5) is 4.39 Å². The van der Waals surface area contributed by atoms with Gasteiger partial charge in [0.25, 0.3) is 5.91 Å². The lowest BCUT2D eigenvalue weighted by atomic mass is 10.1. The Bertz CT molecular complexity index is 1020. The van der Waals surface area contributed by atoms with E-state index in [9.17, 15) is 14.0 Å². The van der Waals surface area contributed by atoms with Crippen molar-refractivity contribution >= 4 is 11.9 Å². The molecule has 8 nitrogen and oxygen atoms in total. The van der Waals surface area contributed by atoms with Gasteiger partial charge in [-0.25, -0.2) is 9.18 Å². The highest BCUT2D eigenvalue weighted by atomic mass is 19.1. The molecule has 146 valence electrons. The summed E-state index contributed by atoms with van der Waals surface area (Å²) in [5, 5.41) is 6.60. The molecule has 0 radical (unpaired) electrons. The van der Waals surface area contributed by atoms with Crippen LogP contribution in [0.1, 0.15) is 51.0 Å². The highest BCUT2D eigenvalue weighted by molar-refractivity contribution is 6.00. The summed E-state index contributed by atoms with van der Waals surface area (Å²) in [5.74, 6) is -0.821. The number of halogens is 1. The molecule has 0 spiro atoms. The van der Waals surface area contributed by atoms with Crippen LogP contribution in [0.3, 0.4) is 0 Å². The standard InChI is InChI=1S/C19H19FN4O4/c1-9-14(19(26)27-4)10(2)21-15(9)17(25)22-11(3)18-23-16(24-28-18)12-5-7-13(20)8-6-12/h5-8,11,21H,1-4H3,(H,22,25). The predicted molar refractivity (Wildman–Crippen MR) is 97.2 cm³/mol. The van der Waals surface area contributed by atoms with Gasteiger partial charge in [-0.1, -0.05) is 5.16 Å². The Hall–Kier alpha value is -3.49. The van der Waals surface area contributed by atoms with E-state index in [4.69, 9.17) is 9.26 Å². The van der Waals surface area contributed by atoms with Gasteiger partial charge in [0.15, 0.2) is 0 Å². The zero-order valence-corrected chi connectivity index (χ0v) is 15.8. The molecule has 0 bridgehead atoms. The highest BCUT2D eigenvalue weighted by Crippen LogP contribution is 2.21. The van der Waals surface area contributed by atoms with Crippen molar-refractivity contribution in [1.29, 1.82) is 0 Å². The molecule has 0 aliphatic heterocycles. The Balaban J connectivity index is 1.77. The first kappa shape index (κ1) is 19.3. The van der Waals surface area contributed by atoms with Crippen molar-refractivity contribution in [2.24, 2.45) is 0 Å². The minimum atomic E-state index is -0.584. The van der Waals surface area contributed by atoms with Gasteiger partial charge in [-0.15, -0.1) is 0 Å². The number of carbonyl (C=O) groups is 2. The van der Waals surface area contributed by atoms with E-state index in [1.807, 2.05) is 0 Å². The lowest BCUT2D eigenvalue weighted by Gasteiger charge is -2.09. The number of rotatable bonds is 5. The lowest BCUT2D eigenvalue weighted by Crippen LogP contribution is -2.27. The summed E-state index contributed by atoms with van der Waals surface area (Å²) in [5.41, 5.74) is 2.21. The van der Waals surface area contributed by atoms with Crippen molar-refractivity contribution in [2.45, 2.75) is 26.8 Å². The fourth-order valence-corrected chi connectivity index (χ4v) is 2.84. The summed E-state index contributed by atoms with van der Waals surface area (Å²) in [6, 6.07) is 5.08. The molecule has 0 aliphatic rings. The molecule has 0 saturated carbocycles. The van der Waals surface area contributed by atoms with Crippen molar-refractivity contribution in [3.05, 3.63) is 58.5 Å². The quantitative estimate of drug-likeness (QED) is 0.652. The summed E-state index contributed by atoms with van der Waals surface area (Å²) in [4.78, 5) is 31.6. The van der Waals surface area contributed by atoms with Crippen LogP contribution in [0.5, 0.6) is 0 Å². The predicted octanol–water partition coefficient (Wildman–Crippen LogP) is 3.10. The third kappa shape index (κ3) is 3.64. The Kier molecular flexibility index (Phi) is 5.25. The van der Waals surface area contributed by atoms with Crippen molar-refractivity contribution < 1.29 is 23.2 Å². The van der Waals surface area contributed by atoms with Crippen molar-refractivity contribution in [3.8, 4) is 11.4 Å². The van der Waals surface area contributed by atoms with Gasteiger partial charge >= 0.3 is 5.97 Å². The molecule has 2 N–H and O–H groups in total. The molecule has 0 aliphatic carbocycles. The van der Waals surface area contributed by atoms with Crippen LogP contribution in [-0.4, -0.2) is 34.1 Å². The Morgan fingerprint density at radius 1 is 1.25 bits per heavy atom. The van der Waals surface area contributed by atoms with Crippen molar-refractivity contribution in [1.82, 2.24) is 20.4 Å². The van der Waals surface area contributed by atoms with Crippen LogP contribution in [0, 0.1) is 19.7 Å². The van der Waals surface area contributed by atoms with Crippen molar-refractivity contribution in [3.63, 3.8) is 0 Å². The van der Waals surface area contributed by atoms with Gasteiger partial charge < -0.3 is 19.6 Å². The second kappa shape index (κ2) is 7.63. The van der Waals surface area contributed by atoms with Gasteiger partial charge in [0.1, 0.15) is 17.6 Å². The van der Waals surface area contributed by atoms with E-state index in [2.05, 4.69) is 20.4 Å². The topological polar surface area (TPSA) is 110 Å². The molecule has 9 heteroatoms. The van der Waals surface area contributed by atoms with E-state index >= 15 is 0 Å². The first-order valence-electron chi connectivity index (χ1n) is 8.49. The van der Waals surface area contributed by atoms with Gasteiger partial charge in [-0.05, 0) is 50.6 Å². The molecule has 1 amide bonds. The first-order chi connectivity index (χ1) is 13.3. The largest absolute Gasteiger partial charge is 0.465 e. The van der Waals surface area contributed by atoms with Crippen LogP contribution in [-0.2, 0) is 4.74 Å². The number of methoxy groups -OCH3 is 1. The molecule has 0 fully saturated rings. The second-order valence-electron chi connectivity index (χ2n) is 6.27. The lowest BCUT2D eigenvalue weighted by molar-refractivity contribution is 0.0599. The molecule has 1 unspecified atom stereocenters. The smallest absolute Gasteiger partial charge is 0.339 e. The van der Waals surface area contributed by atoms with E-state index in [0.29, 0.717) is 22.4 Å². The highest BCUT2D eigenvalue weighted by Gasteiger charge is 2.25. The zero-order chi connectivity index (χ0) is 20.4. The molecule has 2 heterocycles. The maximum Gasteiger partial charge on any atom is 0.339 e. The molecule has 28 heavy (non-hydrogen) atoms. The molecule has 0 saturated heterocycles. The molecule has 3 rings (SSSR count). The van der Waals surface area contributed by atoms with E-state index in [0.717, 1.165) is 0 Å². The summed E-state index contributed by atoms with van der Waals surface area (Å²) >= 11 is 0. The van der Waals surface area contributed by atoms with E-state index in [1.54, 1.807) is 20.8 Å². The third-order valence-corrected chi connectivity index (χ3v) is 4.32. The molecule has 1 aromatic carbocycles. The molecule has 3 aromatic rings. The second-order valence-corrected chi connectivity index (χ2v) is 6.27. The van der Waals surface area contributed by atoms with Gasteiger partial charge in [0.2, 0.25) is 11.7 Å². The fraction of sp³-hybridized carbons (Fsp3) is 0.263. The maximum absolute atomic E-state index is 13.0. The molecular weight excluding hydrogens is 367 g/mol. The van der Waals surface area contributed by atoms with Gasteiger partial charge in [-0.3, -0.25) is 4.79 Å². The van der Waals surface area contributed by atoms with Crippen LogP contribution < -0.4 is 5.32 Å².